The zero-order valence-corrected chi connectivity index (χ0v) is 19.9. The van der Waals surface area contributed by atoms with Gasteiger partial charge in [-0.3, -0.25) is 4.79 Å². The molecule has 0 bridgehead atoms. The smallest absolute Gasteiger partial charge is 0.243 e. The van der Waals surface area contributed by atoms with E-state index in [9.17, 15) is 13.2 Å². The van der Waals surface area contributed by atoms with Gasteiger partial charge in [0, 0.05) is 10.5 Å². The largest absolute Gasteiger partial charge is 0.497 e. The Bertz CT molecular complexity index is 1170. The van der Waals surface area contributed by atoms with E-state index < -0.39 is 22.0 Å². The standard InChI is InChI=1S/C23H23BrN2O5S/c1-30-18-10-13-22(31-2)20(15-18)25-23(27)21(14-16-6-4-3-5-7-16)26-32(28,29)19-11-8-17(24)9-12-19/h3-13,15,21,26H,14H2,1-2H3,(H,25,27)/t21-/m1/s1. The second-order valence-corrected chi connectivity index (χ2v) is 9.50. The molecule has 3 rings (SSSR count). The third-order valence-electron chi connectivity index (χ3n) is 4.69. The van der Waals surface area contributed by atoms with E-state index in [1.807, 2.05) is 30.3 Å². The third kappa shape index (κ3) is 6.09. The molecular weight excluding hydrogens is 496 g/mol. The molecule has 7 nitrogen and oxygen atoms in total. The number of rotatable bonds is 9. The highest BCUT2D eigenvalue weighted by Crippen LogP contribution is 2.29. The van der Waals surface area contributed by atoms with Gasteiger partial charge in [0.2, 0.25) is 15.9 Å². The van der Waals surface area contributed by atoms with E-state index in [0.717, 1.165) is 10.0 Å². The normalized spacial score (nSPS) is 12.1. The monoisotopic (exact) mass is 518 g/mol. The van der Waals surface area contributed by atoms with Gasteiger partial charge in [0.15, 0.2) is 0 Å². The Morgan fingerprint density at radius 1 is 0.969 bits per heavy atom. The van der Waals surface area contributed by atoms with Crippen LogP contribution in [0.4, 0.5) is 5.69 Å². The second kappa shape index (κ2) is 10.6. The molecule has 0 aromatic heterocycles. The third-order valence-corrected chi connectivity index (χ3v) is 6.70. The maximum atomic E-state index is 13.2. The second-order valence-electron chi connectivity index (χ2n) is 6.87. The van der Waals surface area contributed by atoms with Gasteiger partial charge in [-0.2, -0.15) is 4.72 Å². The summed E-state index contributed by atoms with van der Waals surface area (Å²) in [5.74, 6) is 0.422. The predicted molar refractivity (Wildman–Crippen MR) is 127 cm³/mol. The van der Waals surface area contributed by atoms with Gasteiger partial charge in [0.05, 0.1) is 24.8 Å². The van der Waals surface area contributed by atoms with Crippen molar-refractivity contribution in [3.05, 3.63) is 82.8 Å². The summed E-state index contributed by atoms with van der Waals surface area (Å²) >= 11 is 3.29. The van der Waals surface area contributed by atoms with E-state index in [2.05, 4.69) is 26.0 Å². The van der Waals surface area contributed by atoms with Crippen LogP contribution >= 0.6 is 15.9 Å². The first kappa shape index (κ1) is 23.8. The van der Waals surface area contributed by atoms with Crippen molar-refractivity contribution in [2.45, 2.75) is 17.4 Å². The predicted octanol–water partition coefficient (Wildman–Crippen LogP) is 3.99. The number of benzene rings is 3. The van der Waals surface area contributed by atoms with Gasteiger partial charge in [-0.15, -0.1) is 0 Å². The number of anilines is 1. The van der Waals surface area contributed by atoms with Crippen LogP contribution in [0.5, 0.6) is 11.5 Å². The molecule has 1 atom stereocenters. The Balaban J connectivity index is 1.90. The molecule has 168 valence electrons. The number of methoxy groups -OCH3 is 2. The number of amides is 1. The Morgan fingerprint density at radius 2 is 1.66 bits per heavy atom. The number of halogens is 1. The molecule has 9 heteroatoms. The van der Waals surface area contributed by atoms with Crippen LogP contribution in [0.2, 0.25) is 0 Å². The molecule has 0 saturated heterocycles. The molecule has 0 fully saturated rings. The van der Waals surface area contributed by atoms with Crippen LogP contribution in [0.3, 0.4) is 0 Å². The lowest BCUT2D eigenvalue weighted by Crippen LogP contribution is -2.45. The minimum Gasteiger partial charge on any atom is -0.497 e. The zero-order valence-electron chi connectivity index (χ0n) is 17.5. The maximum Gasteiger partial charge on any atom is 0.243 e. The minimum absolute atomic E-state index is 0.0607. The first-order valence-corrected chi connectivity index (χ1v) is 11.9. The van der Waals surface area contributed by atoms with Crippen molar-refractivity contribution in [1.29, 1.82) is 0 Å². The molecule has 0 heterocycles. The highest BCUT2D eigenvalue weighted by Gasteiger charge is 2.27. The van der Waals surface area contributed by atoms with E-state index in [1.54, 1.807) is 30.3 Å². The van der Waals surface area contributed by atoms with Gasteiger partial charge in [-0.25, -0.2) is 8.42 Å². The molecule has 32 heavy (non-hydrogen) atoms. The number of sulfonamides is 1. The Kier molecular flexibility index (Phi) is 7.89. The van der Waals surface area contributed by atoms with Crippen LogP contribution < -0.4 is 19.5 Å². The minimum atomic E-state index is -3.95. The molecule has 0 aliphatic heterocycles. The number of hydrogen-bond acceptors (Lipinski definition) is 5. The van der Waals surface area contributed by atoms with Crippen LogP contribution in [0.15, 0.2) is 82.2 Å². The summed E-state index contributed by atoms with van der Waals surface area (Å²) < 4.78 is 39.8. The van der Waals surface area contributed by atoms with Gasteiger partial charge in [-0.05, 0) is 48.4 Å². The lowest BCUT2D eigenvalue weighted by molar-refractivity contribution is -0.117. The van der Waals surface area contributed by atoms with Crippen LogP contribution in [0, 0.1) is 0 Å². The van der Waals surface area contributed by atoms with E-state index in [4.69, 9.17) is 9.47 Å². The van der Waals surface area contributed by atoms with Crippen LogP contribution in [-0.2, 0) is 21.2 Å². The summed E-state index contributed by atoms with van der Waals surface area (Å²) in [4.78, 5) is 13.3. The van der Waals surface area contributed by atoms with Crippen molar-refractivity contribution in [2.24, 2.45) is 0 Å². The van der Waals surface area contributed by atoms with Crippen LogP contribution in [0.25, 0.3) is 0 Å². The number of hydrogen-bond donors (Lipinski definition) is 2. The van der Waals surface area contributed by atoms with E-state index in [1.165, 1.54) is 26.4 Å². The molecule has 0 aliphatic rings. The van der Waals surface area contributed by atoms with Crippen molar-refractivity contribution >= 4 is 37.5 Å². The van der Waals surface area contributed by atoms with Crippen molar-refractivity contribution in [2.75, 3.05) is 19.5 Å². The summed E-state index contributed by atoms with van der Waals surface area (Å²) in [5, 5.41) is 2.76. The van der Waals surface area contributed by atoms with Gasteiger partial charge in [-0.1, -0.05) is 46.3 Å². The van der Waals surface area contributed by atoms with Gasteiger partial charge in [0.25, 0.3) is 0 Å². The first-order chi connectivity index (χ1) is 15.3. The van der Waals surface area contributed by atoms with Gasteiger partial charge >= 0.3 is 0 Å². The highest BCUT2D eigenvalue weighted by molar-refractivity contribution is 9.10. The van der Waals surface area contributed by atoms with Crippen molar-refractivity contribution in [1.82, 2.24) is 4.72 Å². The molecule has 0 spiro atoms. The lowest BCUT2D eigenvalue weighted by Gasteiger charge is -2.20. The highest BCUT2D eigenvalue weighted by atomic mass is 79.9. The molecule has 0 unspecified atom stereocenters. The topological polar surface area (TPSA) is 93.7 Å². The molecule has 1 amide bonds. The average molecular weight is 519 g/mol. The molecule has 0 radical (unpaired) electrons. The fourth-order valence-corrected chi connectivity index (χ4v) is 4.50. The number of ether oxygens (including phenoxy) is 2. The molecule has 2 N–H and O–H groups in total. The van der Waals surface area contributed by atoms with Crippen molar-refractivity contribution in [3.8, 4) is 11.5 Å². The quantitative estimate of drug-likeness (QED) is 0.446. The Labute approximate surface area is 195 Å². The summed E-state index contributed by atoms with van der Waals surface area (Å²) in [6.07, 6.45) is 0.161. The van der Waals surface area contributed by atoms with Crippen LogP contribution in [-0.4, -0.2) is 34.6 Å². The molecular formula is C23H23BrN2O5S. The molecule has 0 aliphatic carbocycles. The molecule has 0 saturated carbocycles. The van der Waals surface area contributed by atoms with E-state index in [-0.39, 0.29) is 11.3 Å². The summed E-state index contributed by atoms with van der Waals surface area (Å²) in [6, 6.07) is 19.3. The number of carbonyl (C=O) groups is 1. The Morgan fingerprint density at radius 3 is 2.28 bits per heavy atom. The van der Waals surface area contributed by atoms with Gasteiger partial charge in [0.1, 0.15) is 17.5 Å². The summed E-state index contributed by atoms with van der Waals surface area (Å²) in [7, 11) is -0.957. The number of carbonyl (C=O) groups excluding carboxylic acids is 1. The molecule has 3 aromatic carbocycles. The lowest BCUT2D eigenvalue weighted by atomic mass is 10.1. The fraction of sp³-hybridized carbons (Fsp3) is 0.174. The first-order valence-electron chi connectivity index (χ1n) is 9.67. The average Bonchev–Trinajstić information content (AvgIpc) is 2.79. The van der Waals surface area contributed by atoms with E-state index >= 15 is 0 Å². The Hall–Kier alpha value is -2.88. The SMILES string of the molecule is COc1ccc(OC)c(NC(=O)[C@@H](Cc2ccccc2)NS(=O)(=O)c2ccc(Br)cc2)c1. The van der Waals surface area contributed by atoms with Crippen LogP contribution in [0.1, 0.15) is 5.56 Å². The maximum absolute atomic E-state index is 13.2. The van der Waals surface area contributed by atoms with Crippen molar-refractivity contribution in [3.63, 3.8) is 0 Å². The number of nitrogens with one attached hydrogen (secondary N) is 2. The fourth-order valence-electron chi connectivity index (χ4n) is 3.04. The van der Waals surface area contributed by atoms with Gasteiger partial charge < -0.3 is 14.8 Å². The van der Waals surface area contributed by atoms with Crippen molar-refractivity contribution < 1.29 is 22.7 Å². The van der Waals surface area contributed by atoms with E-state index in [0.29, 0.717) is 17.2 Å². The summed E-state index contributed by atoms with van der Waals surface area (Å²) in [5.41, 5.74) is 1.18. The zero-order chi connectivity index (χ0) is 23.1. The summed E-state index contributed by atoms with van der Waals surface area (Å²) in [6.45, 7) is 0. The molecule has 3 aromatic rings.